The number of carbonyl (C=O) groups excluding carboxylic acids is 1. The fourth-order valence-electron chi connectivity index (χ4n) is 1.20. The van der Waals surface area contributed by atoms with Gasteiger partial charge in [0, 0.05) is 17.0 Å². The second-order valence-corrected chi connectivity index (χ2v) is 6.43. The molecule has 1 aromatic heterocycles. The zero-order valence-electron chi connectivity index (χ0n) is 8.74. The van der Waals surface area contributed by atoms with Gasteiger partial charge >= 0.3 is 5.97 Å². The Hall–Kier alpha value is -0.720. The van der Waals surface area contributed by atoms with Crippen molar-refractivity contribution in [3.8, 4) is 16.5 Å². The molecule has 0 aliphatic carbocycles. The molecule has 0 bridgehead atoms. The number of esters is 1. The highest BCUT2D eigenvalue weighted by Gasteiger charge is 2.13. The molecular weight excluding hydrogens is 370 g/mol. The molecule has 3 nitrogen and oxygen atoms in total. The van der Waals surface area contributed by atoms with Gasteiger partial charge in [-0.05, 0) is 28.1 Å². The van der Waals surface area contributed by atoms with E-state index >= 15 is 0 Å². The number of thiazole rings is 1. The molecule has 2 aromatic rings. The largest absolute Gasteiger partial charge is 0.405 e. The van der Waals surface area contributed by atoms with Crippen LogP contribution in [0.4, 0.5) is 0 Å². The molecule has 0 atom stereocenters. The topological polar surface area (TPSA) is 39.2 Å². The normalized spacial score (nSPS) is 10.3. The zero-order chi connectivity index (χ0) is 12.4. The lowest BCUT2D eigenvalue weighted by molar-refractivity contribution is -0.132. The Morgan fingerprint density at radius 1 is 1.29 bits per heavy atom. The molecule has 2 rings (SSSR count). The second-order valence-electron chi connectivity index (χ2n) is 3.20. The third-order valence-electron chi connectivity index (χ3n) is 1.89. The van der Waals surface area contributed by atoms with E-state index in [1.54, 1.807) is 0 Å². The van der Waals surface area contributed by atoms with Crippen LogP contribution in [0, 0.1) is 0 Å². The molecule has 0 unspecified atom stereocenters. The zero-order valence-corrected chi connectivity index (χ0v) is 12.7. The lowest BCUT2D eigenvalue weighted by Crippen LogP contribution is -2.01. The minimum atomic E-state index is -0.377. The first-order valence-electron chi connectivity index (χ1n) is 4.67. The number of hydrogen-bond acceptors (Lipinski definition) is 4. The summed E-state index contributed by atoms with van der Waals surface area (Å²) in [5, 5.41) is 0.806. The molecule has 0 saturated carbocycles. The maximum Gasteiger partial charge on any atom is 0.309 e. The van der Waals surface area contributed by atoms with Crippen molar-refractivity contribution in [2.45, 2.75) is 6.92 Å². The Balaban J connectivity index is 2.34. The first-order valence-corrected chi connectivity index (χ1v) is 7.07. The smallest absolute Gasteiger partial charge is 0.309 e. The summed E-state index contributed by atoms with van der Waals surface area (Å²) in [6, 6.07) is 7.78. The van der Waals surface area contributed by atoms with Gasteiger partial charge in [0.25, 0.3) is 0 Å². The number of nitrogens with zero attached hydrogens (tertiary/aromatic N) is 1. The summed E-state index contributed by atoms with van der Waals surface area (Å²) in [4.78, 5) is 15.1. The Labute approximate surface area is 119 Å². The van der Waals surface area contributed by atoms with Gasteiger partial charge in [-0.25, -0.2) is 4.98 Å². The highest BCUT2D eigenvalue weighted by atomic mass is 79.9. The fraction of sp³-hybridized carbons (Fsp3) is 0.0909. The van der Waals surface area contributed by atoms with E-state index in [0.717, 1.165) is 15.0 Å². The monoisotopic (exact) mass is 375 g/mol. The van der Waals surface area contributed by atoms with Crippen LogP contribution in [-0.2, 0) is 4.79 Å². The van der Waals surface area contributed by atoms with Crippen molar-refractivity contribution in [1.29, 1.82) is 0 Å². The number of rotatable bonds is 2. The highest BCUT2D eigenvalue weighted by Crippen LogP contribution is 2.36. The first-order chi connectivity index (χ1) is 8.06. The van der Waals surface area contributed by atoms with Crippen LogP contribution < -0.4 is 4.74 Å². The van der Waals surface area contributed by atoms with E-state index in [2.05, 4.69) is 36.8 Å². The molecule has 1 aromatic carbocycles. The summed E-state index contributed by atoms with van der Waals surface area (Å²) < 4.78 is 6.70. The summed E-state index contributed by atoms with van der Waals surface area (Å²) in [6.07, 6.45) is 0. The number of aromatic nitrogens is 1. The van der Waals surface area contributed by atoms with Crippen molar-refractivity contribution in [3.05, 3.63) is 32.5 Å². The SMILES string of the molecule is CC(=O)Oc1nc(-c2ccc(Br)cc2)sc1Br. The maximum atomic E-state index is 10.9. The van der Waals surface area contributed by atoms with Gasteiger partial charge in [0.2, 0.25) is 5.88 Å². The van der Waals surface area contributed by atoms with Crippen LogP contribution in [0.1, 0.15) is 6.92 Å². The third-order valence-corrected chi connectivity index (χ3v) is 4.12. The van der Waals surface area contributed by atoms with Crippen LogP contribution >= 0.6 is 43.2 Å². The van der Waals surface area contributed by atoms with Crippen LogP contribution in [0.15, 0.2) is 32.5 Å². The van der Waals surface area contributed by atoms with Crippen LogP contribution in [0.5, 0.6) is 5.88 Å². The van der Waals surface area contributed by atoms with Gasteiger partial charge in [-0.1, -0.05) is 28.1 Å². The molecule has 0 aliphatic heterocycles. The third kappa shape index (κ3) is 3.14. The van der Waals surface area contributed by atoms with Gasteiger partial charge in [-0.15, -0.1) is 11.3 Å². The van der Waals surface area contributed by atoms with E-state index < -0.39 is 0 Å². The number of ether oxygens (including phenoxy) is 1. The Bertz CT molecular complexity index is 551. The summed E-state index contributed by atoms with van der Waals surface area (Å²) in [5.74, 6) is -0.0567. The average molecular weight is 377 g/mol. The molecule has 0 amide bonds. The fourth-order valence-corrected chi connectivity index (χ4v) is 2.82. The van der Waals surface area contributed by atoms with Gasteiger partial charge in [0.05, 0.1) is 0 Å². The molecule has 0 spiro atoms. The lowest BCUT2D eigenvalue weighted by Gasteiger charge is -1.96. The maximum absolute atomic E-state index is 10.9. The van der Waals surface area contributed by atoms with Gasteiger partial charge in [-0.3, -0.25) is 4.79 Å². The second kappa shape index (κ2) is 5.29. The molecule has 88 valence electrons. The van der Waals surface area contributed by atoms with E-state index in [9.17, 15) is 4.79 Å². The van der Waals surface area contributed by atoms with Crippen molar-refractivity contribution in [1.82, 2.24) is 4.98 Å². The van der Waals surface area contributed by atoms with Crippen molar-refractivity contribution < 1.29 is 9.53 Å². The van der Waals surface area contributed by atoms with Crippen LogP contribution in [0.3, 0.4) is 0 Å². The minimum absolute atomic E-state index is 0.320. The van der Waals surface area contributed by atoms with Gasteiger partial charge in [-0.2, -0.15) is 0 Å². The molecule has 1 heterocycles. The van der Waals surface area contributed by atoms with Crippen molar-refractivity contribution in [2.24, 2.45) is 0 Å². The van der Waals surface area contributed by atoms with Gasteiger partial charge < -0.3 is 4.74 Å². The predicted octanol–water partition coefficient (Wildman–Crippen LogP) is 4.26. The van der Waals surface area contributed by atoms with E-state index in [-0.39, 0.29) is 5.97 Å². The number of carbonyl (C=O) groups is 1. The minimum Gasteiger partial charge on any atom is -0.405 e. The Kier molecular flexibility index (Phi) is 3.96. The van der Waals surface area contributed by atoms with Crippen LogP contribution in [-0.4, -0.2) is 11.0 Å². The molecule has 0 saturated heterocycles. The Morgan fingerprint density at radius 2 is 1.94 bits per heavy atom. The van der Waals surface area contributed by atoms with Crippen molar-refractivity contribution in [3.63, 3.8) is 0 Å². The van der Waals surface area contributed by atoms with Crippen LogP contribution in [0.25, 0.3) is 10.6 Å². The van der Waals surface area contributed by atoms with Gasteiger partial charge in [0.1, 0.15) is 8.79 Å². The predicted molar refractivity (Wildman–Crippen MR) is 74.3 cm³/mol. The molecule has 17 heavy (non-hydrogen) atoms. The van der Waals surface area contributed by atoms with Crippen molar-refractivity contribution in [2.75, 3.05) is 0 Å². The highest BCUT2D eigenvalue weighted by molar-refractivity contribution is 9.11. The number of hydrogen-bond donors (Lipinski definition) is 0. The number of benzene rings is 1. The first kappa shape index (κ1) is 12.7. The average Bonchev–Trinajstić information content (AvgIpc) is 2.60. The summed E-state index contributed by atoms with van der Waals surface area (Å²) in [6.45, 7) is 1.35. The van der Waals surface area contributed by atoms with E-state index in [1.807, 2.05) is 24.3 Å². The van der Waals surface area contributed by atoms with Crippen LogP contribution in [0.2, 0.25) is 0 Å². The lowest BCUT2D eigenvalue weighted by atomic mass is 10.2. The quantitative estimate of drug-likeness (QED) is 0.735. The molecular formula is C11H7Br2NO2S. The van der Waals surface area contributed by atoms with Gasteiger partial charge in [0.15, 0.2) is 0 Å². The van der Waals surface area contributed by atoms with E-state index in [4.69, 9.17) is 4.74 Å². The molecule has 0 fully saturated rings. The molecule has 0 N–H and O–H groups in total. The van der Waals surface area contributed by atoms with E-state index in [1.165, 1.54) is 18.3 Å². The number of halogens is 2. The summed E-state index contributed by atoms with van der Waals surface area (Å²) in [7, 11) is 0. The molecule has 6 heteroatoms. The Morgan fingerprint density at radius 3 is 2.53 bits per heavy atom. The molecule has 0 aliphatic rings. The summed E-state index contributed by atoms with van der Waals surface area (Å²) in [5.41, 5.74) is 0.984. The summed E-state index contributed by atoms with van der Waals surface area (Å²) >= 11 is 8.13. The standard InChI is InChI=1S/C11H7Br2NO2S/c1-6(15)16-10-9(13)17-11(14-10)7-2-4-8(12)5-3-7/h2-5H,1H3. The van der Waals surface area contributed by atoms with E-state index in [0.29, 0.717) is 9.67 Å². The molecule has 0 radical (unpaired) electrons. The van der Waals surface area contributed by atoms with Crippen molar-refractivity contribution >= 4 is 49.2 Å².